The fourth-order valence-electron chi connectivity index (χ4n) is 4.31. The number of carbonyl (C=O) groups is 1. The van der Waals surface area contributed by atoms with Crippen molar-refractivity contribution in [2.45, 2.75) is 11.5 Å². The molecule has 0 bridgehead atoms. The number of hydrogen-bond donors (Lipinski definition) is 1. The lowest BCUT2D eigenvalue weighted by molar-refractivity contribution is -0.384. The van der Waals surface area contributed by atoms with Gasteiger partial charge in [0.25, 0.3) is 21.6 Å². The second kappa shape index (κ2) is 11.8. The fourth-order valence-corrected chi connectivity index (χ4v) is 5.28. The lowest BCUT2D eigenvalue weighted by Gasteiger charge is -2.15. The molecule has 8 nitrogen and oxygen atoms in total. The van der Waals surface area contributed by atoms with Gasteiger partial charge in [-0.05, 0) is 52.6 Å². The van der Waals surface area contributed by atoms with E-state index >= 15 is 0 Å². The van der Waals surface area contributed by atoms with Crippen LogP contribution in [0.4, 0.5) is 5.69 Å². The molecule has 0 aliphatic carbocycles. The average Bonchev–Trinajstić information content (AvgIpc) is 3.00. The van der Waals surface area contributed by atoms with Crippen LogP contribution in [-0.4, -0.2) is 19.2 Å². The van der Waals surface area contributed by atoms with Crippen molar-refractivity contribution in [3.63, 3.8) is 0 Å². The number of hydrogen-bond acceptors (Lipinski definition) is 6. The molecule has 9 heteroatoms. The molecule has 204 valence electrons. The molecule has 0 saturated heterocycles. The van der Waals surface area contributed by atoms with E-state index in [4.69, 9.17) is 4.74 Å². The van der Waals surface area contributed by atoms with Gasteiger partial charge in [-0.25, -0.2) is 13.1 Å². The highest BCUT2D eigenvalue weighted by Crippen LogP contribution is 2.37. The summed E-state index contributed by atoms with van der Waals surface area (Å²) in [5.74, 6) is -0.168. The van der Waals surface area contributed by atoms with Gasteiger partial charge in [0.15, 0.2) is 0 Å². The van der Waals surface area contributed by atoms with Gasteiger partial charge in [-0.1, -0.05) is 84.9 Å². The van der Waals surface area contributed by atoms with Crippen LogP contribution in [0.2, 0.25) is 0 Å². The van der Waals surface area contributed by atoms with Crippen molar-refractivity contribution in [2.75, 3.05) is 0 Å². The van der Waals surface area contributed by atoms with Gasteiger partial charge < -0.3 is 4.74 Å². The first-order valence-corrected chi connectivity index (χ1v) is 14.1. The lowest BCUT2D eigenvalue weighted by atomic mass is 9.94. The van der Waals surface area contributed by atoms with E-state index in [1.807, 2.05) is 83.6 Å². The molecule has 0 fully saturated rings. The number of non-ortho nitro benzene ring substituents is 1. The van der Waals surface area contributed by atoms with E-state index < -0.39 is 20.9 Å². The summed E-state index contributed by atoms with van der Waals surface area (Å²) in [6.45, 7) is 0.415. The predicted molar refractivity (Wildman–Crippen MR) is 156 cm³/mol. The second-order valence-electron chi connectivity index (χ2n) is 9.08. The van der Waals surface area contributed by atoms with Crippen LogP contribution in [-0.2, 0) is 16.6 Å². The Labute approximate surface area is 237 Å². The Hall–Kier alpha value is -5.28. The number of benzene rings is 5. The van der Waals surface area contributed by atoms with Gasteiger partial charge in [0.2, 0.25) is 0 Å². The highest BCUT2D eigenvalue weighted by molar-refractivity contribution is 7.90. The summed E-state index contributed by atoms with van der Waals surface area (Å²) in [7, 11) is -4.19. The van der Waals surface area contributed by atoms with E-state index in [9.17, 15) is 23.3 Å². The van der Waals surface area contributed by atoms with E-state index in [0.717, 1.165) is 45.7 Å². The number of sulfonamides is 1. The van der Waals surface area contributed by atoms with Crippen LogP contribution < -0.4 is 9.46 Å². The number of amides is 1. The van der Waals surface area contributed by atoms with Gasteiger partial charge in [0.05, 0.1) is 9.82 Å². The molecule has 1 N–H and O–H groups in total. The molecule has 0 aromatic heterocycles. The highest BCUT2D eigenvalue weighted by Gasteiger charge is 2.20. The van der Waals surface area contributed by atoms with Crippen molar-refractivity contribution >= 4 is 21.6 Å². The first-order valence-electron chi connectivity index (χ1n) is 12.6. The van der Waals surface area contributed by atoms with Gasteiger partial charge in [-0.3, -0.25) is 14.9 Å². The highest BCUT2D eigenvalue weighted by atomic mass is 32.2. The maximum absolute atomic E-state index is 12.9. The molecule has 1 amide bonds. The third-order valence-electron chi connectivity index (χ3n) is 6.38. The number of nitrogens with zero attached hydrogens (tertiary/aromatic N) is 1. The molecular formula is C32H24N2O6S. The largest absolute Gasteiger partial charge is 0.488 e. The summed E-state index contributed by atoms with van der Waals surface area (Å²) in [6.07, 6.45) is 0. The Morgan fingerprint density at radius 2 is 1.29 bits per heavy atom. The van der Waals surface area contributed by atoms with Crippen molar-refractivity contribution in [1.29, 1.82) is 0 Å². The van der Waals surface area contributed by atoms with Crippen molar-refractivity contribution in [3.05, 3.63) is 149 Å². The molecule has 5 rings (SSSR count). The van der Waals surface area contributed by atoms with Crippen LogP contribution in [0, 0.1) is 10.1 Å². The van der Waals surface area contributed by atoms with Gasteiger partial charge in [0, 0.05) is 23.3 Å². The maximum atomic E-state index is 12.9. The number of nitrogens with one attached hydrogen (secondary N) is 1. The zero-order chi connectivity index (χ0) is 28.8. The third-order valence-corrected chi connectivity index (χ3v) is 7.73. The Morgan fingerprint density at radius 3 is 1.95 bits per heavy atom. The van der Waals surface area contributed by atoms with E-state index in [1.54, 1.807) is 12.1 Å². The van der Waals surface area contributed by atoms with E-state index in [-0.39, 0.29) is 16.1 Å². The quantitative estimate of drug-likeness (QED) is 0.159. The van der Waals surface area contributed by atoms with Gasteiger partial charge >= 0.3 is 0 Å². The Bertz CT molecular complexity index is 1800. The molecule has 0 saturated carbocycles. The lowest BCUT2D eigenvalue weighted by Crippen LogP contribution is -2.30. The topological polar surface area (TPSA) is 116 Å². The number of ether oxygens (including phenoxy) is 1. The zero-order valence-corrected chi connectivity index (χ0v) is 22.5. The summed E-state index contributed by atoms with van der Waals surface area (Å²) in [5, 5.41) is 10.8. The molecule has 0 radical (unpaired) electrons. The number of carbonyl (C=O) groups excluding carboxylic acids is 1. The smallest absolute Gasteiger partial charge is 0.269 e. The van der Waals surface area contributed by atoms with Gasteiger partial charge in [-0.2, -0.15) is 0 Å². The molecule has 0 unspecified atom stereocenters. The van der Waals surface area contributed by atoms with Crippen molar-refractivity contribution in [2.24, 2.45) is 0 Å². The van der Waals surface area contributed by atoms with Crippen molar-refractivity contribution < 1.29 is 22.9 Å². The summed E-state index contributed by atoms with van der Waals surface area (Å²) in [4.78, 5) is 22.6. The molecule has 5 aromatic carbocycles. The van der Waals surface area contributed by atoms with Crippen LogP contribution in [0.15, 0.2) is 132 Å². The van der Waals surface area contributed by atoms with Gasteiger partial charge in [-0.15, -0.1) is 0 Å². The minimum atomic E-state index is -4.19. The molecule has 0 heterocycles. The first-order chi connectivity index (χ1) is 19.8. The Balaban J connectivity index is 1.38. The standard InChI is InChI=1S/C32H24N2O6S/c35-32(25-14-18-26(19-15-25)34(36)37)33-41(38,39)27-20-16-24(17-21-27)28-10-4-5-11-29(28)30-12-6-7-13-31(30)40-22-23-8-2-1-3-9-23/h1-21H,22H2,(H,33,35). The molecule has 0 atom stereocenters. The number of para-hydroxylation sites is 1. The Kier molecular flexibility index (Phi) is 7.89. The third kappa shape index (κ3) is 6.32. The number of rotatable bonds is 9. The molecule has 41 heavy (non-hydrogen) atoms. The summed E-state index contributed by atoms with van der Waals surface area (Å²) < 4.78 is 34.0. The van der Waals surface area contributed by atoms with E-state index in [1.165, 1.54) is 24.3 Å². The summed E-state index contributed by atoms with van der Waals surface area (Å²) in [6, 6.07) is 36.3. The van der Waals surface area contributed by atoms with E-state index in [2.05, 4.69) is 0 Å². The minimum Gasteiger partial charge on any atom is -0.488 e. The predicted octanol–water partition coefficient (Wildman–Crippen LogP) is 6.63. The normalized spacial score (nSPS) is 11.0. The SMILES string of the molecule is O=C(NS(=O)(=O)c1ccc(-c2ccccc2-c2ccccc2OCc2ccccc2)cc1)c1ccc([N+](=O)[O-])cc1. The summed E-state index contributed by atoms with van der Waals surface area (Å²) in [5.41, 5.74) is 4.29. The van der Waals surface area contributed by atoms with Crippen LogP contribution in [0.5, 0.6) is 5.75 Å². The molecule has 0 aliphatic heterocycles. The zero-order valence-electron chi connectivity index (χ0n) is 21.6. The molecule has 0 spiro atoms. The fraction of sp³-hybridized carbons (Fsp3) is 0.0312. The summed E-state index contributed by atoms with van der Waals surface area (Å²) >= 11 is 0. The molecular weight excluding hydrogens is 540 g/mol. The van der Waals surface area contributed by atoms with Crippen LogP contribution in [0.1, 0.15) is 15.9 Å². The van der Waals surface area contributed by atoms with Gasteiger partial charge in [0.1, 0.15) is 12.4 Å². The number of nitro groups is 1. The molecule has 0 aliphatic rings. The maximum Gasteiger partial charge on any atom is 0.269 e. The first kappa shape index (κ1) is 27.3. The van der Waals surface area contributed by atoms with Crippen LogP contribution in [0.3, 0.4) is 0 Å². The average molecular weight is 565 g/mol. The number of nitro benzene ring substituents is 1. The van der Waals surface area contributed by atoms with Crippen LogP contribution in [0.25, 0.3) is 22.3 Å². The van der Waals surface area contributed by atoms with Crippen molar-refractivity contribution in [3.8, 4) is 28.0 Å². The minimum absolute atomic E-state index is 0.0159. The Morgan fingerprint density at radius 1 is 0.707 bits per heavy atom. The van der Waals surface area contributed by atoms with E-state index in [0.29, 0.717) is 6.61 Å². The monoisotopic (exact) mass is 564 g/mol. The molecule has 5 aromatic rings. The second-order valence-corrected chi connectivity index (χ2v) is 10.8. The van der Waals surface area contributed by atoms with Crippen molar-refractivity contribution in [1.82, 2.24) is 4.72 Å². The van der Waals surface area contributed by atoms with Crippen LogP contribution >= 0.6 is 0 Å².